The maximum Gasteiger partial charge on any atom is 0.254 e. The Morgan fingerprint density at radius 2 is 1.95 bits per heavy atom. The number of nitrogen functional groups attached to an aromatic ring is 1. The molecule has 2 amide bonds. The molecule has 2 aliphatic heterocycles. The summed E-state index contributed by atoms with van der Waals surface area (Å²) in [5, 5.41) is 2.95. The van der Waals surface area contributed by atoms with E-state index in [1.807, 2.05) is 12.1 Å². The Morgan fingerprint density at radius 1 is 1.16 bits per heavy atom. The number of pyridine rings is 1. The Morgan fingerprint density at radius 3 is 2.68 bits per heavy atom. The number of nitrogens with one attached hydrogen (secondary N) is 1. The maximum absolute atomic E-state index is 12.8. The van der Waals surface area contributed by atoms with Crippen molar-refractivity contribution in [3.05, 3.63) is 82.5 Å². The minimum absolute atomic E-state index is 0.0496. The van der Waals surface area contributed by atoms with Crippen molar-refractivity contribution in [3.63, 3.8) is 0 Å². The van der Waals surface area contributed by atoms with Crippen LogP contribution in [0.25, 0.3) is 17.2 Å². The first-order valence-corrected chi connectivity index (χ1v) is 12.3. The smallest absolute Gasteiger partial charge is 0.254 e. The molecule has 190 valence electrons. The number of carbonyl (C=O) groups excluding carboxylic acids is 2. The van der Waals surface area contributed by atoms with Crippen LogP contribution in [-0.4, -0.2) is 60.7 Å². The maximum atomic E-state index is 12.8. The zero-order valence-electron chi connectivity index (χ0n) is 21.9. The van der Waals surface area contributed by atoms with Crippen LogP contribution in [-0.2, 0) is 15.9 Å². The molecule has 0 spiro atoms. The van der Waals surface area contributed by atoms with E-state index >= 15 is 0 Å². The number of carbonyl (C=O) groups is 2. The molecule has 0 saturated carbocycles. The van der Waals surface area contributed by atoms with Crippen molar-refractivity contribution >= 4 is 35.3 Å². The van der Waals surface area contributed by atoms with Crippen LogP contribution < -0.4 is 15.8 Å². The van der Waals surface area contributed by atoms with Gasteiger partial charge in [-0.3, -0.25) is 9.59 Å². The van der Waals surface area contributed by atoms with Gasteiger partial charge in [0.15, 0.2) is 0 Å². The Bertz CT molecular complexity index is 1410. The highest BCUT2D eigenvalue weighted by Gasteiger charge is 2.26. The van der Waals surface area contributed by atoms with Gasteiger partial charge in [-0.25, -0.2) is 4.98 Å². The number of hydrogen-bond acceptors (Lipinski definition) is 6. The summed E-state index contributed by atoms with van der Waals surface area (Å²) in [5.41, 5.74) is 8.63. The topological polar surface area (TPSA) is 107 Å². The van der Waals surface area contributed by atoms with E-state index in [0.29, 0.717) is 54.4 Å². The van der Waals surface area contributed by atoms with Crippen molar-refractivity contribution in [1.82, 2.24) is 15.2 Å². The number of anilines is 1. The van der Waals surface area contributed by atoms with Gasteiger partial charge < -0.3 is 25.4 Å². The van der Waals surface area contributed by atoms with Gasteiger partial charge >= 0.3 is 0 Å². The second kappa shape index (κ2) is 11.0. The summed E-state index contributed by atoms with van der Waals surface area (Å²) in [6.45, 7) is 2.13. The van der Waals surface area contributed by atoms with Crippen LogP contribution in [0, 0.1) is 0 Å². The molecule has 1 fully saturated rings. The van der Waals surface area contributed by atoms with Crippen LogP contribution in [0.15, 0.2) is 60.8 Å². The Labute approximate surface area is 222 Å². The summed E-state index contributed by atoms with van der Waals surface area (Å²) in [4.78, 5) is 30.8. The highest BCUT2D eigenvalue weighted by molar-refractivity contribution is 6.32. The molecule has 3 aromatic rings. The third-order valence-electron chi connectivity index (χ3n) is 6.08. The molecule has 1 unspecified atom stereocenters. The lowest BCUT2D eigenvalue weighted by atomic mass is 9.99. The number of morpholine rings is 1. The number of hydrogen-bond donors (Lipinski definition) is 2. The molecule has 0 bridgehead atoms. The number of halogens is 1. The number of nitrogens with zero attached hydrogens (tertiary/aromatic N) is 2. The molecule has 2 aromatic carbocycles. The molecular weight excluding hydrogens is 492 g/mol. The van der Waals surface area contributed by atoms with Gasteiger partial charge in [0.1, 0.15) is 17.7 Å². The first kappa shape index (κ1) is 22.3. The van der Waals surface area contributed by atoms with Crippen molar-refractivity contribution in [2.45, 2.75) is 12.5 Å². The lowest BCUT2D eigenvalue weighted by Crippen LogP contribution is -2.40. The van der Waals surface area contributed by atoms with E-state index in [4.69, 9.17) is 29.5 Å². The molecule has 1 aromatic heterocycles. The molecule has 2 aliphatic rings. The van der Waals surface area contributed by atoms with Gasteiger partial charge in [0.2, 0.25) is 5.91 Å². The van der Waals surface area contributed by atoms with Crippen LogP contribution in [0.5, 0.6) is 5.75 Å². The van der Waals surface area contributed by atoms with Crippen molar-refractivity contribution in [1.29, 1.82) is 0 Å². The number of fused-ring (bicyclic) bond motifs is 1. The largest absolute Gasteiger partial charge is 0.486 e. The average molecular weight is 521 g/mol. The van der Waals surface area contributed by atoms with Gasteiger partial charge in [0.05, 0.1) is 24.8 Å². The average Bonchev–Trinajstić information content (AvgIpc) is 3.21. The molecule has 37 heavy (non-hydrogen) atoms. The van der Waals surface area contributed by atoms with Crippen LogP contribution in [0.3, 0.4) is 0 Å². The highest BCUT2D eigenvalue weighted by atomic mass is 35.5. The molecule has 3 N–H and O–H groups in total. The minimum atomic E-state index is -1.90. The summed E-state index contributed by atoms with van der Waals surface area (Å²) < 4.78 is 28.6. The number of amides is 2. The third kappa shape index (κ3) is 5.93. The third-order valence-corrected chi connectivity index (χ3v) is 6.36. The molecule has 0 aliphatic carbocycles. The second-order valence-corrected chi connectivity index (χ2v) is 9.07. The fourth-order valence-electron chi connectivity index (χ4n) is 4.12. The van der Waals surface area contributed by atoms with Crippen LogP contribution in [0.2, 0.25) is 5.02 Å². The fourth-order valence-corrected chi connectivity index (χ4v) is 4.38. The number of aromatic nitrogens is 1. The van der Waals surface area contributed by atoms with E-state index in [2.05, 4.69) is 10.3 Å². The van der Waals surface area contributed by atoms with Crippen molar-refractivity contribution in [3.8, 4) is 16.9 Å². The van der Waals surface area contributed by atoms with Gasteiger partial charge in [-0.1, -0.05) is 23.7 Å². The summed E-state index contributed by atoms with van der Waals surface area (Å²) in [6, 6.07) is 13.9. The molecule has 5 rings (SSSR count). The number of rotatable bonds is 6. The van der Waals surface area contributed by atoms with Crippen molar-refractivity contribution < 1.29 is 21.8 Å². The summed E-state index contributed by atoms with van der Waals surface area (Å²) in [5.74, 6) is 0.189. The van der Waals surface area contributed by atoms with Gasteiger partial charge in [0, 0.05) is 45.6 Å². The Kier molecular flexibility index (Phi) is 6.65. The van der Waals surface area contributed by atoms with E-state index in [-0.39, 0.29) is 23.2 Å². The van der Waals surface area contributed by atoms with E-state index in [1.165, 1.54) is 6.08 Å². The lowest BCUT2D eigenvalue weighted by molar-refractivity contribution is -0.116. The summed E-state index contributed by atoms with van der Waals surface area (Å²) in [7, 11) is 0. The Hall–Kier alpha value is -3.88. The molecule has 3 heterocycles. The fraction of sp³-hybridized carbons (Fsp3) is 0.250. The number of ether oxygens (including phenoxy) is 2. The van der Waals surface area contributed by atoms with Crippen LogP contribution in [0.4, 0.5) is 5.82 Å². The van der Waals surface area contributed by atoms with Crippen molar-refractivity contribution in [2.24, 2.45) is 0 Å². The zero-order chi connectivity index (χ0) is 27.6. The van der Waals surface area contributed by atoms with Crippen LogP contribution in [0.1, 0.15) is 24.2 Å². The summed E-state index contributed by atoms with van der Waals surface area (Å²) >= 11 is 6.51. The quantitative estimate of drug-likeness (QED) is 0.481. The van der Waals surface area contributed by atoms with Crippen molar-refractivity contribution in [2.75, 3.05) is 38.6 Å². The van der Waals surface area contributed by atoms with Gasteiger partial charge in [0.25, 0.3) is 5.91 Å². The minimum Gasteiger partial charge on any atom is -0.486 e. The molecule has 1 saturated heterocycles. The predicted molar refractivity (Wildman–Crippen MR) is 142 cm³/mol. The number of nitrogens with two attached hydrogens (primary N) is 1. The molecule has 9 heteroatoms. The lowest BCUT2D eigenvalue weighted by Gasteiger charge is -2.26. The van der Waals surface area contributed by atoms with E-state index in [1.54, 1.807) is 53.6 Å². The Balaban J connectivity index is 1.27. The van der Waals surface area contributed by atoms with Gasteiger partial charge in [-0.15, -0.1) is 0 Å². The first-order valence-electron chi connectivity index (χ1n) is 12.9. The standard InChI is InChI=1S/C28H27ClN4O4/c29-24-15-21(19-3-5-20(6-4-19)28(35)33-9-11-36-12-10-33)13-22-14-23(37-27(22)24)17-32-26(34)8-2-18-1-7-25(30)31-16-18/h1-8,13,15-16,23H,9-12,14,17H2,(H2,30,31)(H,32,34)/i14D2. The van der Waals surface area contributed by atoms with E-state index in [9.17, 15) is 9.59 Å². The predicted octanol–water partition coefficient (Wildman–Crippen LogP) is 3.59. The van der Waals surface area contributed by atoms with Gasteiger partial charge in [-0.05, 0) is 59.2 Å². The molecular formula is C28H27ClN4O4. The SMILES string of the molecule is [2H]C1([2H])c2cc(-c3ccc(C(=O)N4CCOCC4)cc3)cc(Cl)c2OC1CNC(=O)C=Cc1ccc(N)nc1. The number of benzene rings is 2. The van der Waals surface area contributed by atoms with E-state index < -0.39 is 18.4 Å². The van der Waals surface area contributed by atoms with Crippen LogP contribution >= 0.6 is 11.6 Å². The molecule has 0 radical (unpaired) electrons. The monoisotopic (exact) mass is 520 g/mol. The molecule has 8 nitrogen and oxygen atoms in total. The normalized spacial score (nSPS) is 19.1. The summed E-state index contributed by atoms with van der Waals surface area (Å²) in [6.07, 6.45) is 1.60. The second-order valence-electron chi connectivity index (χ2n) is 8.66. The molecule has 1 atom stereocenters. The first-order chi connectivity index (χ1) is 18.7. The van der Waals surface area contributed by atoms with Gasteiger partial charge in [-0.2, -0.15) is 0 Å². The highest BCUT2D eigenvalue weighted by Crippen LogP contribution is 2.39. The zero-order valence-corrected chi connectivity index (χ0v) is 20.7. The van der Waals surface area contributed by atoms with E-state index in [0.717, 1.165) is 5.56 Å².